The summed E-state index contributed by atoms with van der Waals surface area (Å²) in [6.07, 6.45) is 3.17. The number of carbonyl (C=O) groups excluding carboxylic acids is 1. The van der Waals surface area contributed by atoms with Gasteiger partial charge in [-0.1, -0.05) is 40.1 Å². The van der Waals surface area contributed by atoms with Gasteiger partial charge in [0.1, 0.15) is 12.4 Å². The van der Waals surface area contributed by atoms with Crippen LogP contribution in [0.5, 0.6) is 0 Å². The summed E-state index contributed by atoms with van der Waals surface area (Å²) in [6.45, 7) is 0. The van der Waals surface area contributed by atoms with E-state index in [0.29, 0.717) is 15.7 Å². The minimum absolute atomic E-state index is 0.104. The molecule has 2 heterocycles. The van der Waals surface area contributed by atoms with Crippen molar-refractivity contribution in [1.82, 2.24) is 4.98 Å². The van der Waals surface area contributed by atoms with Crippen LogP contribution in [0.15, 0.2) is 48.8 Å². The molecule has 0 saturated heterocycles. The highest BCUT2D eigenvalue weighted by Crippen LogP contribution is 2.18. The Morgan fingerprint density at radius 1 is 1.24 bits per heavy atom. The molecule has 7 heteroatoms. The lowest BCUT2D eigenvalue weighted by molar-refractivity contribution is -0.885. The van der Waals surface area contributed by atoms with Crippen LogP contribution in [0.1, 0.15) is 10.4 Å². The van der Waals surface area contributed by atoms with Crippen LogP contribution in [-0.2, 0) is 0 Å². The molecule has 3 rings (SSSR count). The predicted molar refractivity (Wildman–Crippen MR) is 76.5 cm³/mol. The van der Waals surface area contributed by atoms with Gasteiger partial charge in [0.2, 0.25) is 0 Å². The minimum atomic E-state index is -1.21. The van der Waals surface area contributed by atoms with Crippen molar-refractivity contribution in [3.05, 3.63) is 64.4 Å². The van der Waals surface area contributed by atoms with Crippen LogP contribution in [0.2, 0.25) is 10.0 Å². The smallest absolute Gasteiger partial charge is 0.327 e. The fraction of sp³-hybridized carbons (Fsp3) is 0. The lowest BCUT2D eigenvalue weighted by Crippen LogP contribution is -2.29. The molecule has 0 amide bonds. The van der Waals surface area contributed by atoms with Gasteiger partial charge in [0.05, 0.1) is 16.4 Å². The Morgan fingerprint density at radius 3 is 2.57 bits per heavy atom. The second-order valence-corrected chi connectivity index (χ2v) is 4.89. The van der Waals surface area contributed by atoms with Crippen LogP contribution < -0.4 is 9.84 Å². The molecular weight excluding hydrogens is 315 g/mol. The third-order valence-corrected chi connectivity index (χ3v) is 3.18. The first kappa shape index (κ1) is 15.2. The van der Waals surface area contributed by atoms with Crippen LogP contribution in [0.25, 0.3) is 11.0 Å². The predicted octanol–water partition coefficient (Wildman–Crippen LogP) is 2.05. The third-order valence-electron chi connectivity index (χ3n) is 2.63. The van der Waals surface area contributed by atoms with Gasteiger partial charge in [-0.2, -0.15) is 0 Å². The zero-order valence-electron chi connectivity index (χ0n) is 10.6. The monoisotopic (exact) mass is 324 g/mol. The number of aromatic amines is 1. The fourth-order valence-corrected chi connectivity index (χ4v) is 2.06. The molecule has 0 atom stereocenters. The van der Waals surface area contributed by atoms with Crippen molar-refractivity contribution in [2.24, 2.45) is 0 Å². The number of benzene rings is 1. The van der Waals surface area contributed by atoms with Crippen molar-refractivity contribution in [3.8, 4) is 0 Å². The molecule has 0 spiro atoms. The number of carbonyl (C=O) groups is 1. The molecule has 2 N–H and O–H groups in total. The highest BCUT2D eigenvalue weighted by Gasteiger charge is 2.09. The van der Waals surface area contributed by atoms with E-state index in [0.717, 1.165) is 10.1 Å². The van der Waals surface area contributed by atoms with Gasteiger partial charge in [-0.25, -0.2) is 4.98 Å². The lowest BCUT2D eigenvalue weighted by atomic mass is 10.2. The third kappa shape index (κ3) is 3.65. The van der Waals surface area contributed by atoms with Crippen molar-refractivity contribution in [2.45, 2.75) is 0 Å². The zero-order chi connectivity index (χ0) is 15.4. The van der Waals surface area contributed by atoms with Crippen molar-refractivity contribution in [3.63, 3.8) is 0 Å². The zero-order valence-corrected chi connectivity index (χ0v) is 12.1. The molecule has 0 radical (unpaired) electrons. The molecule has 0 saturated carbocycles. The quantitative estimate of drug-likeness (QED) is 0.531. The number of rotatable bonds is 1. The second kappa shape index (κ2) is 6.47. The summed E-state index contributed by atoms with van der Waals surface area (Å²) in [5, 5.41) is 21.2. The molecule has 0 aliphatic rings. The number of aromatic carboxylic acids is 1. The Labute approximate surface area is 129 Å². The Kier molecular flexibility index (Phi) is 4.67. The average molecular weight is 325 g/mol. The topological polar surface area (TPSA) is 80.0 Å². The standard InChI is InChI=1S/C7H5ClN2O.C7H5ClO2/c8-6-4-9-7-5(6)2-1-3-10(7)11;8-6-3-1-2-5(4-6)7(9)10/h1-4,11H;1-4H,(H,9,10). The van der Waals surface area contributed by atoms with E-state index in [-0.39, 0.29) is 5.56 Å². The number of carboxylic acids is 1. The number of pyridine rings is 1. The van der Waals surface area contributed by atoms with Crippen LogP contribution in [-0.4, -0.2) is 16.2 Å². The van der Waals surface area contributed by atoms with Crippen molar-refractivity contribution < 1.29 is 19.8 Å². The Hall–Kier alpha value is -2.24. The summed E-state index contributed by atoms with van der Waals surface area (Å²) in [7, 11) is 0. The molecule has 108 valence electrons. The first-order chi connectivity index (χ1) is 9.99. The molecule has 0 aliphatic carbocycles. The highest BCUT2D eigenvalue weighted by atomic mass is 35.5. The van der Waals surface area contributed by atoms with E-state index in [2.05, 4.69) is 4.98 Å². The van der Waals surface area contributed by atoms with Gasteiger partial charge in [0, 0.05) is 5.02 Å². The molecule has 0 unspecified atom stereocenters. The first-order valence-electron chi connectivity index (χ1n) is 5.82. The van der Waals surface area contributed by atoms with Crippen LogP contribution >= 0.6 is 23.2 Å². The summed E-state index contributed by atoms with van der Waals surface area (Å²) in [5.74, 6) is -1.21. The molecule has 2 aromatic heterocycles. The van der Waals surface area contributed by atoms with E-state index in [9.17, 15) is 15.1 Å². The van der Waals surface area contributed by atoms with Gasteiger partial charge in [-0.05, 0) is 29.8 Å². The van der Waals surface area contributed by atoms with Gasteiger partial charge >= 0.3 is 5.65 Å². The molecule has 0 bridgehead atoms. The normalized spacial score (nSPS) is 10.0. The van der Waals surface area contributed by atoms with Gasteiger partial charge in [0.15, 0.2) is 0 Å². The number of hydrogen-bond donors (Lipinski definition) is 2. The van der Waals surface area contributed by atoms with E-state index in [4.69, 9.17) is 23.2 Å². The summed E-state index contributed by atoms with van der Waals surface area (Å²) in [4.78, 5) is 13.0. The van der Waals surface area contributed by atoms with Crippen LogP contribution in [0.3, 0.4) is 0 Å². The summed E-state index contributed by atoms with van der Waals surface area (Å²) < 4.78 is 1.00. The maximum Gasteiger partial charge on any atom is 0.327 e. The Bertz CT molecular complexity index is 787. The Balaban J connectivity index is 0.000000155. The van der Waals surface area contributed by atoms with E-state index >= 15 is 0 Å². The van der Waals surface area contributed by atoms with Crippen molar-refractivity contribution >= 4 is 40.2 Å². The van der Waals surface area contributed by atoms with E-state index < -0.39 is 5.97 Å². The molecule has 0 aliphatic heterocycles. The van der Waals surface area contributed by atoms with E-state index in [1.165, 1.54) is 18.3 Å². The highest BCUT2D eigenvalue weighted by molar-refractivity contribution is 6.35. The fourth-order valence-electron chi connectivity index (χ4n) is 1.66. The van der Waals surface area contributed by atoms with Crippen LogP contribution in [0.4, 0.5) is 0 Å². The summed E-state index contributed by atoms with van der Waals surface area (Å²) in [5.41, 5.74) is 0.713. The number of H-pyrrole nitrogens is 1. The molecular formula is C14H10Cl2N2O3. The van der Waals surface area contributed by atoms with Crippen LogP contribution in [0, 0.1) is 0 Å². The van der Waals surface area contributed by atoms with E-state index in [1.54, 1.807) is 24.4 Å². The largest absolute Gasteiger partial charge is 0.545 e. The molecule has 1 aromatic carbocycles. The van der Waals surface area contributed by atoms with Gasteiger partial charge < -0.3 is 15.1 Å². The molecule has 21 heavy (non-hydrogen) atoms. The lowest BCUT2D eigenvalue weighted by Gasteiger charge is -2.00. The first-order valence-corrected chi connectivity index (χ1v) is 6.58. The van der Waals surface area contributed by atoms with Crippen molar-refractivity contribution in [1.29, 1.82) is 0 Å². The van der Waals surface area contributed by atoms with Gasteiger partial charge in [-0.15, -0.1) is 0 Å². The number of hydrogen-bond acceptors (Lipinski definition) is 3. The summed E-state index contributed by atoms with van der Waals surface area (Å²) in [6, 6.07) is 9.50. The number of nitrogens with one attached hydrogen (secondary N) is 1. The second-order valence-electron chi connectivity index (χ2n) is 4.05. The minimum Gasteiger partial charge on any atom is -0.545 e. The van der Waals surface area contributed by atoms with Gasteiger partial charge in [-0.3, -0.25) is 0 Å². The van der Waals surface area contributed by atoms with E-state index in [1.807, 2.05) is 6.07 Å². The molecule has 5 nitrogen and oxygen atoms in total. The number of halogens is 2. The average Bonchev–Trinajstić information content (AvgIpc) is 2.83. The number of carboxylic acid groups (broad SMARTS) is 1. The number of fused-ring (bicyclic) bond motifs is 1. The van der Waals surface area contributed by atoms with Crippen molar-refractivity contribution in [2.75, 3.05) is 0 Å². The summed E-state index contributed by atoms with van der Waals surface area (Å²) >= 11 is 11.3. The molecule has 3 aromatic rings. The van der Waals surface area contributed by atoms with Gasteiger partial charge in [0.25, 0.3) is 0 Å². The number of aromatic nitrogens is 2. The Morgan fingerprint density at radius 2 is 2.00 bits per heavy atom. The SMILES string of the molecule is O=C([O-])c1cccc(Cl)c1.O[n+]1cccc2c(Cl)c[nH]c21. The maximum absolute atomic E-state index is 10.2. The molecule has 0 fully saturated rings. The number of nitrogens with zero attached hydrogens (tertiary/aromatic N) is 1. The maximum atomic E-state index is 10.2.